The molecule has 0 unspecified atom stereocenters. The minimum Gasteiger partial charge on any atom is -0.393 e. The van der Waals surface area contributed by atoms with Gasteiger partial charge in [0.25, 0.3) is 0 Å². The van der Waals surface area contributed by atoms with Gasteiger partial charge in [-0.15, -0.1) is 11.3 Å². The van der Waals surface area contributed by atoms with Gasteiger partial charge in [0, 0.05) is 26.6 Å². The fraction of sp³-hybridized carbons (Fsp3) is 0.391. The number of rotatable bonds is 4. The third-order valence-corrected chi connectivity index (χ3v) is 7.73. The SMILES string of the molecule is Cc1ccc2cc(Cc3cc([C@]45OC[C@](CO)(O4)[C@@H](O)[C@H](O)[C@H]5O)ccc3Cl)sc2c1. The van der Waals surface area contributed by atoms with Gasteiger partial charge in [-0.25, -0.2) is 0 Å². The van der Waals surface area contributed by atoms with Crippen molar-refractivity contribution >= 4 is 33.0 Å². The minimum absolute atomic E-state index is 0.160. The zero-order chi connectivity index (χ0) is 22.0. The molecule has 164 valence electrons. The van der Waals surface area contributed by atoms with Crippen molar-refractivity contribution in [2.24, 2.45) is 0 Å². The lowest BCUT2D eigenvalue weighted by molar-refractivity contribution is -0.329. The Kier molecular flexibility index (Phi) is 5.16. The maximum Gasteiger partial charge on any atom is 0.225 e. The van der Waals surface area contributed by atoms with E-state index in [1.165, 1.54) is 15.6 Å². The number of aliphatic hydroxyl groups excluding tert-OH is 4. The Labute approximate surface area is 188 Å². The highest BCUT2D eigenvalue weighted by Crippen LogP contribution is 2.50. The van der Waals surface area contributed by atoms with Gasteiger partial charge in [0.1, 0.15) is 23.9 Å². The Bertz CT molecular complexity index is 1150. The first-order chi connectivity index (χ1) is 14.8. The highest BCUT2D eigenvalue weighted by Gasteiger charge is 2.67. The van der Waals surface area contributed by atoms with Gasteiger partial charge in [-0.1, -0.05) is 29.8 Å². The summed E-state index contributed by atoms with van der Waals surface area (Å²) in [4.78, 5) is 1.13. The Morgan fingerprint density at radius 3 is 2.68 bits per heavy atom. The van der Waals surface area contributed by atoms with Gasteiger partial charge in [0.15, 0.2) is 0 Å². The van der Waals surface area contributed by atoms with Crippen molar-refractivity contribution < 1.29 is 29.9 Å². The van der Waals surface area contributed by atoms with Crippen molar-refractivity contribution in [1.29, 1.82) is 0 Å². The molecule has 6 nitrogen and oxygen atoms in total. The highest BCUT2D eigenvalue weighted by atomic mass is 35.5. The fourth-order valence-corrected chi connectivity index (χ4v) is 5.84. The Balaban J connectivity index is 1.52. The molecule has 5 rings (SSSR count). The molecule has 2 saturated heterocycles. The molecule has 0 aliphatic carbocycles. The van der Waals surface area contributed by atoms with Gasteiger partial charge in [-0.05, 0) is 47.7 Å². The number of hydrogen-bond acceptors (Lipinski definition) is 7. The van der Waals surface area contributed by atoms with Gasteiger partial charge >= 0.3 is 0 Å². The van der Waals surface area contributed by atoms with E-state index in [1.54, 1.807) is 29.5 Å². The predicted octanol–water partition coefficient (Wildman–Crippen LogP) is 2.48. The maximum absolute atomic E-state index is 10.7. The molecule has 3 aromatic rings. The van der Waals surface area contributed by atoms with Crippen LogP contribution in [0.15, 0.2) is 42.5 Å². The van der Waals surface area contributed by atoms with Crippen molar-refractivity contribution in [1.82, 2.24) is 0 Å². The quantitative estimate of drug-likeness (QED) is 0.475. The van der Waals surface area contributed by atoms with E-state index in [2.05, 4.69) is 31.2 Å². The van der Waals surface area contributed by atoms with Crippen LogP contribution in [0.25, 0.3) is 10.1 Å². The van der Waals surface area contributed by atoms with Crippen LogP contribution in [0.2, 0.25) is 5.02 Å². The van der Waals surface area contributed by atoms with Crippen LogP contribution in [0.3, 0.4) is 0 Å². The molecule has 0 spiro atoms. The van der Waals surface area contributed by atoms with Crippen LogP contribution in [0, 0.1) is 6.92 Å². The number of fused-ring (bicyclic) bond motifs is 3. The van der Waals surface area contributed by atoms with Gasteiger partial charge in [-0.2, -0.15) is 0 Å². The summed E-state index contributed by atoms with van der Waals surface area (Å²) in [5, 5.41) is 43.0. The van der Waals surface area contributed by atoms with Crippen molar-refractivity contribution in [2.45, 2.75) is 43.0 Å². The van der Waals surface area contributed by atoms with Gasteiger partial charge in [-0.3, -0.25) is 0 Å². The third-order valence-electron chi connectivity index (χ3n) is 6.27. The number of halogens is 1. The molecule has 8 heteroatoms. The van der Waals surface area contributed by atoms with Crippen molar-refractivity contribution in [3.8, 4) is 0 Å². The smallest absolute Gasteiger partial charge is 0.225 e. The van der Waals surface area contributed by atoms with E-state index in [0.29, 0.717) is 17.0 Å². The van der Waals surface area contributed by atoms with Crippen LogP contribution in [0.5, 0.6) is 0 Å². The summed E-state index contributed by atoms with van der Waals surface area (Å²) in [6.07, 6.45) is -3.97. The van der Waals surface area contributed by atoms with Gasteiger partial charge in [0.05, 0.1) is 13.2 Å². The third kappa shape index (κ3) is 3.23. The maximum atomic E-state index is 10.7. The molecular weight excluding hydrogens is 440 g/mol. The number of aliphatic hydroxyl groups is 4. The molecule has 31 heavy (non-hydrogen) atoms. The molecule has 0 radical (unpaired) electrons. The Morgan fingerprint density at radius 2 is 1.90 bits per heavy atom. The molecule has 5 atom stereocenters. The van der Waals surface area contributed by atoms with Crippen molar-refractivity contribution in [2.75, 3.05) is 13.2 Å². The van der Waals surface area contributed by atoms with Crippen LogP contribution in [-0.4, -0.2) is 57.6 Å². The second kappa shape index (κ2) is 7.50. The Hall–Kier alpha value is -1.55. The predicted molar refractivity (Wildman–Crippen MR) is 117 cm³/mol. The summed E-state index contributed by atoms with van der Waals surface area (Å²) >= 11 is 8.18. The lowest BCUT2D eigenvalue weighted by Gasteiger charge is -2.46. The average Bonchev–Trinajstić information content (AvgIpc) is 3.34. The van der Waals surface area contributed by atoms with Crippen LogP contribution >= 0.6 is 22.9 Å². The summed E-state index contributed by atoms with van der Waals surface area (Å²) in [7, 11) is 0. The molecule has 3 heterocycles. The normalized spacial score (nSPS) is 32.6. The molecule has 2 bridgehead atoms. The number of hydrogen-bond donors (Lipinski definition) is 4. The molecule has 2 aliphatic rings. The second-order valence-corrected chi connectivity index (χ2v) is 9.97. The monoisotopic (exact) mass is 462 g/mol. The first kappa shape index (κ1) is 21.3. The van der Waals surface area contributed by atoms with E-state index in [0.717, 1.165) is 10.4 Å². The largest absolute Gasteiger partial charge is 0.393 e. The second-order valence-electron chi connectivity index (χ2n) is 8.40. The molecule has 2 aliphatic heterocycles. The summed E-state index contributed by atoms with van der Waals surface area (Å²) in [5.41, 5.74) is 0.993. The molecule has 2 fully saturated rings. The first-order valence-corrected chi connectivity index (χ1v) is 11.2. The van der Waals surface area contributed by atoms with E-state index >= 15 is 0 Å². The molecule has 4 N–H and O–H groups in total. The molecule has 0 saturated carbocycles. The molecule has 1 aromatic heterocycles. The zero-order valence-electron chi connectivity index (χ0n) is 16.8. The van der Waals surface area contributed by atoms with Crippen LogP contribution in [0.1, 0.15) is 21.6 Å². The van der Waals surface area contributed by atoms with Crippen molar-refractivity contribution in [3.63, 3.8) is 0 Å². The highest BCUT2D eigenvalue weighted by molar-refractivity contribution is 7.19. The fourth-order valence-electron chi connectivity index (χ4n) is 4.47. The van der Waals surface area contributed by atoms with Gasteiger partial charge in [0.2, 0.25) is 5.79 Å². The average molecular weight is 463 g/mol. The lowest BCUT2D eigenvalue weighted by atomic mass is 9.83. The lowest BCUT2D eigenvalue weighted by Crippen LogP contribution is -2.65. The summed E-state index contributed by atoms with van der Waals surface area (Å²) < 4.78 is 13.0. The van der Waals surface area contributed by atoms with E-state index in [4.69, 9.17) is 21.1 Å². The summed E-state index contributed by atoms with van der Waals surface area (Å²) in [5.74, 6) is -1.70. The minimum atomic E-state index is -1.70. The molecule has 0 amide bonds. The summed E-state index contributed by atoms with van der Waals surface area (Å²) in [6.45, 7) is 1.35. The number of ether oxygens (including phenoxy) is 2. The van der Waals surface area contributed by atoms with E-state index < -0.39 is 36.3 Å². The number of aryl methyl sites for hydroxylation is 1. The number of thiophene rings is 1. The summed E-state index contributed by atoms with van der Waals surface area (Å²) in [6, 6.07) is 13.6. The Morgan fingerprint density at radius 1 is 1.10 bits per heavy atom. The molecular formula is C23H23ClO6S. The van der Waals surface area contributed by atoms with Crippen LogP contribution < -0.4 is 0 Å². The molecule has 2 aromatic carbocycles. The topological polar surface area (TPSA) is 99.4 Å². The van der Waals surface area contributed by atoms with Crippen molar-refractivity contribution in [3.05, 3.63) is 69.1 Å². The first-order valence-electron chi connectivity index (χ1n) is 10.1. The van der Waals surface area contributed by atoms with E-state index in [1.807, 2.05) is 0 Å². The van der Waals surface area contributed by atoms with E-state index in [9.17, 15) is 20.4 Å². The van der Waals surface area contributed by atoms with Crippen LogP contribution in [-0.2, 0) is 21.7 Å². The standard InChI is InChI=1S/C23H23ClO6S/c1-12-2-3-13-8-16(31-18(13)6-12)9-14-7-15(4-5-17(14)24)23-21(28)19(26)20(27)22(10-25,30-23)11-29-23/h2-8,19-21,25-28H,9-11H2,1H3/t19-,20-,21+,22-,23-/m0/s1. The van der Waals surface area contributed by atoms with E-state index in [-0.39, 0.29) is 6.61 Å². The van der Waals surface area contributed by atoms with Gasteiger partial charge < -0.3 is 29.9 Å². The number of benzene rings is 2. The van der Waals surface area contributed by atoms with Crippen LogP contribution in [0.4, 0.5) is 0 Å². The zero-order valence-corrected chi connectivity index (χ0v) is 18.4.